The van der Waals surface area contributed by atoms with E-state index in [1.165, 1.54) is 18.3 Å². The zero-order valence-electron chi connectivity index (χ0n) is 9.45. The molecule has 2 rings (SSSR count). The molecule has 0 saturated heterocycles. The summed E-state index contributed by atoms with van der Waals surface area (Å²) in [5.74, 6) is -2.79. The number of carbonyl (C=O) groups excluding carboxylic acids is 1. The number of aromatic nitrogens is 1. The number of nitrogens with zero attached hydrogens (tertiary/aromatic N) is 1. The molecule has 1 amide bonds. The number of nitrogen functional groups attached to an aromatic ring is 1. The van der Waals surface area contributed by atoms with Gasteiger partial charge in [-0.05, 0) is 18.2 Å². The first-order valence-corrected chi connectivity index (χ1v) is 5.52. The van der Waals surface area contributed by atoms with Crippen molar-refractivity contribution in [3.63, 3.8) is 0 Å². The van der Waals surface area contributed by atoms with Crippen LogP contribution >= 0.6 is 11.6 Å². The second-order valence-corrected chi connectivity index (χ2v) is 4.10. The van der Waals surface area contributed by atoms with Crippen LogP contribution in [0.2, 0.25) is 5.02 Å². The van der Waals surface area contributed by atoms with Crippen molar-refractivity contribution in [2.45, 2.75) is 0 Å². The third kappa shape index (κ3) is 2.97. The van der Waals surface area contributed by atoms with Gasteiger partial charge in [0.2, 0.25) is 0 Å². The number of rotatable bonds is 2. The normalized spacial score (nSPS) is 10.3. The number of anilines is 2. The fourth-order valence-electron chi connectivity index (χ4n) is 1.42. The average molecular weight is 284 g/mol. The Morgan fingerprint density at radius 1 is 1.26 bits per heavy atom. The van der Waals surface area contributed by atoms with Gasteiger partial charge in [-0.25, -0.2) is 13.8 Å². The maximum absolute atomic E-state index is 13.1. The molecule has 0 fully saturated rings. The highest BCUT2D eigenvalue weighted by molar-refractivity contribution is 6.30. The van der Waals surface area contributed by atoms with Crippen molar-refractivity contribution in [2.75, 3.05) is 11.1 Å². The summed E-state index contributed by atoms with van der Waals surface area (Å²) in [7, 11) is 0. The van der Waals surface area contributed by atoms with E-state index in [0.29, 0.717) is 5.02 Å². The van der Waals surface area contributed by atoms with Crippen molar-refractivity contribution in [2.24, 2.45) is 0 Å². The fraction of sp³-hybridized carbons (Fsp3) is 0. The lowest BCUT2D eigenvalue weighted by atomic mass is 10.1. The van der Waals surface area contributed by atoms with E-state index < -0.39 is 17.5 Å². The Kier molecular flexibility index (Phi) is 3.62. The van der Waals surface area contributed by atoms with Crippen LogP contribution in [0.4, 0.5) is 20.3 Å². The monoisotopic (exact) mass is 283 g/mol. The minimum atomic E-state index is -1.15. The molecule has 4 nitrogen and oxygen atoms in total. The second kappa shape index (κ2) is 5.19. The maximum Gasteiger partial charge on any atom is 0.259 e. The van der Waals surface area contributed by atoms with Gasteiger partial charge in [0.05, 0.1) is 5.56 Å². The number of nitrogens with one attached hydrogen (secondary N) is 1. The number of carbonyl (C=O) groups is 1. The summed E-state index contributed by atoms with van der Waals surface area (Å²) in [5.41, 5.74) is 5.11. The van der Waals surface area contributed by atoms with Gasteiger partial charge in [0.1, 0.15) is 5.82 Å². The molecule has 3 N–H and O–H groups in total. The van der Waals surface area contributed by atoms with E-state index in [4.69, 9.17) is 17.3 Å². The third-order valence-corrected chi connectivity index (χ3v) is 2.54. The number of hydrogen-bond acceptors (Lipinski definition) is 3. The van der Waals surface area contributed by atoms with Gasteiger partial charge < -0.3 is 11.1 Å². The Bertz CT molecular complexity index is 649. The van der Waals surface area contributed by atoms with Crippen molar-refractivity contribution >= 4 is 29.0 Å². The number of benzene rings is 1. The number of amides is 1. The van der Waals surface area contributed by atoms with Gasteiger partial charge in [-0.1, -0.05) is 11.6 Å². The molecule has 2 aromatic rings. The topological polar surface area (TPSA) is 68.0 Å². The van der Waals surface area contributed by atoms with Crippen LogP contribution in [0.1, 0.15) is 10.4 Å². The summed E-state index contributed by atoms with van der Waals surface area (Å²) in [6.45, 7) is 0. The number of hydrogen-bond donors (Lipinski definition) is 2. The Labute approximate surface area is 112 Å². The van der Waals surface area contributed by atoms with E-state index in [2.05, 4.69) is 10.3 Å². The van der Waals surface area contributed by atoms with Gasteiger partial charge in [0.25, 0.3) is 5.91 Å². The van der Waals surface area contributed by atoms with Crippen LogP contribution in [0.5, 0.6) is 0 Å². The molecule has 0 saturated carbocycles. The lowest BCUT2D eigenvalue weighted by Gasteiger charge is -2.07. The van der Waals surface area contributed by atoms with E-state index in [1.54, 1.807) is 0 Å². The molecule has 7 heteroatoms. The minimum absolute atomic E-state index is 0.168. The molecule has 0 bridgehead atoms. The molecule has 0 unspecified atom stereocenters. The first-order chi connectivity index (χ1) is 8.97. The molecule has 1 heterocycles. The molecule has 0 radical (unpaired) electrons. The number of nitrogens with two attached hydrogens (primary N) is 1. The van der Waals surface area contributed by atoms with Crippen LogP contribution in [0.25, 0.3) is 0 Å². The van der Waals surface area contributed by atoms with E-state index in [1.807, 2.05) is 0 Å². The van der Waals surface area contributed by atoms with Crippen LogP contribution in [0.15, 0.2) is 30.5 Å². The molecule has 1 aromatic heterocycles. The van der Waals surface area contributed by atoms with Crippen LogP contribution < -0.4 is 11.1 Å². The van der Waals surface area contributed by atoms with Gasteiger partial charge in [-0.2, -0.15) is 0 Å². The van der Waals surface area contributed by atoms with Gasteiger partial charge in [-0.3, -0.25) is 4.79 Å². The van der Waals surface area contributed by atoms with Gasteiger partial charge in [0, 0.05) is 23.0 Å². The zero-order chi connectivity index (χ0) is 14.0. The lowest BCUT2D eigenvalue weighted by Crippen LogP contribution is -2.15. The van der Waals surface area contributed by atoms with Crippen LogP contribution in [0, 0.1) is 11.6 Å². The molecule has 0 aliphatic rings. The van der Waals surface area contributed by atoms with Crippen molar-refractivity contribution in [1.82, 2.24) is 4.98 Å². The fourth-order valence-corrected chi connectivity index (χ4v) is 1.58. The molecule has 19 heavy (non-hydrogen) atoms. The molecule has 0 aliphatic carbocycles. The predicted octanol–water partition coefficient (Wildman–Crippen LogP) is 2.85. The summed E-state index contributed by atoms with van der Waals surface area (Å²) in [4.78, 5) is 15.7. The summed E-state index contributed by atoms with van der Waals surface area (Å²) >= 11 is 5.73. The smallest absolute Gasteiger partial charge is 0.259 e. The average Bonchev–Trinajstić information content (AvgIpc) is 2.33. The largest absolute Gasteiger partial charge is 0.398 e. The van der Waals surface area contributed by atoms with Crippen LogP contribution in [-0.2, 0) is 0 Å². The SMILES string of the molecule is Nc1cc(F)c(F)cc1C(=O)Nc1cc(Cl)ccn1. The quantitative estimate of drug-likeness (QED) is 0.833. The van der Waals surface area contributed by atoms with Crippen molar-refractivity contribution < 1.29 is 13.6 Å². The third-order valence-electron chi connectivity index (χ3n) is 2.30. The predicted molar refractivity (Wildman–Crippen MR) is 68.0 cm³/mol. The summed E-state index contributed by atoms with van der Waals surface area (Å²) in [5, 5.41) is 2.76. The molecular formula is C12H8ClF2N3O. The Morgan fingerprint density at radius 2 is 1.95 bits per heavy atom. The van der Waals surface area contributed by atoms with Crippen LogP contribution in [-0.4, -0.2) is 10.9 Å². The van der Waals surface area contributed by atoms with E-state index >= 15 is 0 Å². The number of pyridine rings is 1. The van der Waals surface area contributed by atoms with Crippen molar-refractivity contribution in [1.29, 1.82) is 0 Å². The maximum atomic E-state index is 13.1. The summed E-state index contributed by atoms with van der Waals surface area (Å²) < 4.78 is 26.0. The molecule has 0 aliphatic heterocycles. The Balaban J connectivity index is 2.28. The number of halogens is 3. The summed E-state index contributed by atoms with van der Waals surface area (Å²) in [6, 6.07) is 4.42. The molecular weight excluding hydrogens is 276 g/mol. The minimum Gasteiger partial charge on any atom is -0.398 e. The van der Waals surface area contributed by atoms with Crippen molar-refractivity contribution in [3.05, 3.63) is 52.7 Å². The Hall–Kier alpha value is -2.21. The van der Waals surface area contributed by atoms with E-state index in [0.717, 1.165) is 12.1 Å². The molecule has 0 spiro atoms. The van der Waals surface area contributed by atoms with Crippen molar-refractivity contribution in [3.8, 4) is 0 Å². The van der Waals surface area contributed by atoms with Gasteiger partial charge >= 0.3 is 0 Å². The second-order valence-electron chi connectivity index (χ2n) is 3.67. The van der Waals surface area contributed by atoms with E-state index in [-0.39, 0.29) is 17.1 Å². The zero-order valence-corrected chi connectivity index (χ0v) is 10.2. The molecule has 98 valence electrons. The summed E-state index contributed by atoms with van der Waals surface area (Å²) in [6.07, 6.45) is 1.40. The van der Waals surface area contributed by atoms with E-state index in [9.17, 15) is 13.6 Å². The molecule has 0 atom stereocenters. The Morgan fingerprint density at radius 3 is 2.63 bits per heavy atom. The first kappa shape index (κ1) is 13.2. The highest BCUT2D eigenvalue weighted by Crippen LogP contribution is 2.19. The highest BCUT2D eigenvalue weighted by atomic mass is 35.5. The van der Waals surface area contributed by atoms with Gasteiger partial charge in [0.15, 0.2) is 11.6 Å². The molecule has 1 aromatic carbocycles. The highest BCUT2D eigenvalue weighted by Gasteiger charge is 2.15. The first-order valence-electron chi connectivity index (χ1n) is 5.15. The standard InChI is InChI=1S/C12H8ClF2N3O/c13-6-1-2-17-11(3-6)18-12(19)7-4-8(14)9(15)5-10(7)16/h1-5H,16H2,(H,17,18,19). The van der Waals surface area contributed by atoms with Gasteiger partial charge in [-0.15, -0.1) is 0 Å². The lowest BCUT2D eigenvalue weighted by molar-refractivity contribution is 0.102. The van der Waals surface area contributed by atoms with Crippen LogP contribution in [0.3, 0.4) is 0 Å².